The summed E-state index contributed by atoms with van der Waals surface area (Å²) in [6, 6.07) is 6.34. The van der Waals surface area contributed by atoms with Crippen molar-refractivity contribution in [3.63, 3.8) is 0 Å². The van der Waals surface area contributed by atoms with Crippen LogP contribution in [0.5, 0.6) is 5.75 Å². The van der Waals surface area contributed by atoms with Crippen LogP contribution in [-0.2, 0) is 14.6 Å². The molecule has 2 fully saturated rings. The number of nitrogens with one attached hydrogen (secondary N) is 1. The quantitative estimate of drug-likeness (QED) is 0.711. The van der Waals surface area contributed by atoms with Gasteiger partial charge >= 0.3 is 0 Å². The maximum absolute atomic E-state index is 12.5. The van der Waals surface area contributed by atoms with Crippen molar-refractivity contribution in [2.75, 3.05) is 23.4 Å². The van der Waals surface area contributed by atoms with Crippen LogP contribution in [0.25, 0.3) is 0 Å². The van der Waals surface area contributed by atoms with Gasteiger partial charge in [0.25, 0.3) is 5.91 Å². The van der Waals surface area contributed by atoms with Gasteiger partial charge in [-0.3, -0.25) is 4.79 Å². The predicted molar refractivity (Wildman–Crippen MR) is 112 cm³/mol. The summed E-state index contributed by atoms with van der Waals surface area (Å²) in [5, 5.41) is 8.24. The Kier molecular flexibility index (Phi) is 5.77. The van der Waals surface area contributed by atoms with Gasteiger partial charge < -0.3 is 10.1 Å². The van der Waals surface area contributed by atoms with Crippen molar-refractivity contribution in [3.05, 3.63) is 40.0 Å². The molecule has 4 rings (SSSR count). The number of rotatable bonds is 6. The van der Waals surface area contributed by atoms with Crippen molar-refractivity contribution in [2.24, 2.45) is 0 Å². The number of halogens is 2. The van der Waals surface area contributed by atoms with Gasteiger partial charge in [-0.25, -0.2) is 13.1 Å². The van der Waals surface area contributed by atoms with Crippen LogP contribution in [-0.4, -0.2) is 42.2 Å². The van der Waals surface area contributed by atoms with Crippen LogP contribution in [0, 0.1) is 0 Å². The van der Waals surface area contributed by atoms with E-state index in [0.29, 0.717) is 34.0 Å². The summed E-state index contributed by atoms with van der Waals surface area (Å²) in [4.78, 5) is 12.5. The fraction of sp³-hybridized carbons (Fsp3) is 0.474. The molecule has 1 saturated heterocycles. The fourth-order valence-corrected chi connectivity index (χ4v) is 5.73. The molecule has 1 aromatic heterocycles. The van der Waals surface area contributed by atoms with Gasteiger partial charge in [-0.1, -0.05) is 29.6 Å². The third kappa shape index (κ3) is 4.70. The van der Waals surface area contributed by atoms with Crippen molar-refractivity contribution >= 4 is 44.8 Å². The maximum atomic E-state index is 12.5. The molecular formula is C19H21Cl2N3O4S. The molecule has 2 aromatic rings. The van der Waals surface area contributed by atoms with E-state index >= 15 is 0 Å². The first-order valence-electron chi connectivity index (χ1n) is 9.48. The number of carbonyl (C=O) groups is 1. The van der Waals surface area contributed by atoms with Gasteiger partial charge in [-0.2, -0.15) is 5.10 Å². The topological polar surface area (TPSA) is 90.3 Å². The van der Waals surface area contributed by atoms with E-state index in [-0.39, 0.29) is 30.1 Å². The lowest BCUT2D eigenvalue weighted by molar-refractivity contribution is -0.118. The van der Waals surface area contributed by atoms with Crippen LogP contribution in [0.1, 0.15) is 43.3 Å². The minimum atomic E-state index is -3.07. The highest BCUT2D eigenvalue weighted by Crippen LogP contribution is 2.38. The Labute approximate surface area is 179 Å². The van der Waals surface area contributed by atoms with E-state index in [9.17, 15) is 13.2 Å². The molecule has 7 nitrogen and oxygen atoms in total. The Morgan fingerprint density at radius 1 is 1.24 bits per heavy atom. The van der Waals surface area contributed by atoms with Gasteiger partial charge in [0.15, 0.2) is 16.4 Å². The minimum absolute atomic E-state index is 0.0402. The van der Waals surface area contributed by atoms with E-state index in [1.54, 1.807) is 16.8 Å². The molecule has 2 aliphatic rings. The monoisotopic (exact) mass is 457 g/mol. The number of sulfone groups is 1. The average Bonchev–Trinajstić information content (AvgIpc) is 3.15. The molecular weight excluding hydrogens is 437 g/mol. The van der Waals surface area contributed by atoms with Crippen LogP contribution in [0.2, 0.25) is 10.0 Å². The summed E-state index contributed by atoms with van der Waals surface area (Å²) in [6.07, 6.45) is 3.78. The third-order valence-electron chi connectivity index (χ3n) is 5.35. The van der Waals surface area contributed by atoms with Crippen molar-refractivity contribution in [1.29, 1.82) is 0 Å². The molecule has 0 spiro atoms. The Morgan fingerprint density at radius 3 is 2.66 bits per heavy atom. The normalized spacial score (nSPS) is 21.0. The molecule has 1 unspecified atom stereocenters. The lowest BCUT2D eigenvalue weighted by atomic mass is 9.83. The number of carbonyl (C=O) groups excluding carboxylic acids is 1. The number of benzene rings is 1. The zero-order valence-corrected chi connectivity index (χ0v) is 17.9. The zero-order chi connectivity index (χ0) is 20.6. The van der Waals surface area contributed by atoms with E-state index in [0.717, 1.165) is 25.0 Å². The van der Waals surface area contributed by atoms with E-state index in [1.807, 2.05) is 6.07 Å². The first kappa shape index (κ1) is 20.5. The molecule has 156 valence electrons. The lowest BCUT2D eigenvalue weighted by Crippen LogP contribution is -2.24. The number of ether oxygens (including phenoxy) is 1. The number of anilines is 1. The second-order valence-corrected chi connectivity index (χ2v) is 10.6. The minimum Gasteiger partial charge on any atom is -0.482 e. The Morgan fingerprint density at radius 2 is 2.03 bits per heavy atom. The highest BCUT2D eigenvalue weighted by molar-refractivity contribution is 7.91. The van der Waals surface area contributed by atoms with Gasteiger partial charge in [-0.05, 0) is 37.5 Å². The summed E-state index contributed by atoms with van der Waals surface area (Å²) in [6.45, 7) is -0.242. The SMILES string of the molecule is O=C(COc1ccc(Cl)cc1Cl)Nc1cc(C2CCC2)nn1C1CCS(=O)(=O)C1. The molecule has 1 atom stereocenters. The summed E-state index contributed by atoms with van der Waals surface area (Å²) >= 11 is 11.9. The van der Waals surface area contributed by atoms with Gasteiger partial charge in [0, 0.05) is 17.0 Å². The van der Waals surface area contributed by atoms with Crippen LogP contribution >= 0.6 is 23.2 Å². The maximum Gasteiger partial charge on any atom is 0.263 e. The Balaban J connectivity index is 1.47. The van der Waals surface area contributed by atoms with Crippen molar-refractivity contribution in [3.8, 4) is 5.75 Å². The predicted octanol–water partition coefficient (Wildman–Crippen LogP) is 3.83. The standard InChI is InChI=1S/C19H21Cl2N3O4S/c20-13-4-5-17(15(21)8-13)28-10-19(25)22-18-9-16(12-2-1-3-12)23-24(18)14-6-7-29(26,27)11-14/h4-5,8-9,12,14H,1-3,6-7,10-11H2,(H,22,25). The van der Waals surface area contributed by atoms with Crippen molar-refractivity contribution in [2.45, 2.75) is 37.6 Å². The number of amides is 1. The summed E-state index contributed by atoms with van der Waals surface area (Å²) in [5.74, 6) is 1.04. The van der Waals surface area contributed by atoms with E-state index in [4.69, 9.17) is 27.9 Å². The van der Waals surface area contributed by atoms with Crippen molar-refractivity contribution in [1.82, 2.24) is 9.78 Å². The summed E-state index contributed by atoms with van der Waals surface area (Å²) in [5.41, 5.74) is 0.900. The first-order valence-corrected chi connectivity index (χ1v) is 12.1. The largest absolute Gasteiger partial charge is 0.482 e. The molecule has 1 aliphatic carbocycles. The summed E-state index contributed by atoms with van der Waals surface area (Å²) < 4.78 is 30.9. The molecule has 0 radical (unpaired) electrons. The number of nitrogens with zero attached hydrogens (tertiary/aromatic N) is 2. The van der Waals surface area contributed by atoms with E-state index < -0.39 is 9.84 Å². The van der Waals surface area contributed by atoms with Crippen LogP contribution in [0.3, 0.4) is 0 Å². The molecule has 1 saturated carbocycles. The molecule has 0 bridgehead atoms. The zero-order valence-electron chi connectivity index (χ0n) is 15.6. The molecule has 1 aromatic carbocycles. The first-order chi connectivity index (χ1) is 13.8. The fourth-order valence-electron chi connectivity index (χ4n) is 3.57. The van der Waals surface area contributed by atoms with Crippen molar-refractivity contribution < 1.29 is 17.9 Å². The van der Waals surface area contributed by atoms with E-state index in [2.05, 4.69) is 10.4 Å². The van der Waals surface area contributed by atoms with E-state index in [1.165, 1.54) is 6.07 Å². The third-order valence-corrected chi connectivity index (χ3v) is 7.63. The molecule has 1 aliphatic heterocycles. The molecule has 1 N–H and O–H groups in total. The smallest absolute Gasteiger partial charge is 0.263 e. The van der Waals surface area contributed by atoms with Gasteiger partial charge in [0.05, 0.1) is 28.3 Å². The van der Waals surface area contributed by atoms with Gasteiger partial charge in [-0.15, -0.1) is 0 Å². The number of hydrogen-bond acceptors (Lipinski definition) is 5. The highest BCUT2D eigenvalue weighted by atomic mass is 35.5. The summed E-state index contributed by atoms with van der Waals surface area (Å²) in [7, 11) is -3.07. The number of hydrogen-bond donors (Lipinski definition) is 1. The van der Waals surface area contributed by atoms with Gasteiger partial charge in [0.2, 0.25) is 0 Å². The second-order valence-electron chi connectivity index (χ2n) is 7.50. The molecule has 10 heteroatoms. The average molecular weight is 458 g/mol. The molecule has 2 heterocycles. The number of aromatic nitrogens is 2. The van der Waals surface area contributed by atoms with Crippen LogP contribution in [0.15, 0.2) is 24.3 Å². The van der Waals surface area contributed by atoms with Crippen LogP contribution in [0.4, 0.5) is 5.82 Å². The Bertz CT molecular complexity index is 1030. The lowest BCUT2D eigenvalue weighted by Gasteiger charge is -2.23. The van der Waals surface area contributed by atoms with Gasteiger partial charge in [0.1, 0.15) is 11.6 Å². The molecule has 1 amide bonds. The Hall–Kier alpha value is -1.77. The molecule has 29 heavy (non-hydrogen) atoms. The highest BCUT2D eigenvalue weighted by Gasteiger charge is 2.33. The second kappa shape index (κ2) is 8.16. The van der Waals surface area contributed by atoms with Crippen LogP contribution < -0.4 is 10.1 Å².